The highest BCUT2D eigenvalue weighted by atomic mass is 16.3. The minimum atomic E-state index is -0.271. The standard InChI is InChI=1S/C14H19N3O/c1-11(10-16-8-3-7-15-16)17-9-6-12-13(17)4-2-5-14(12)18/h3,6-9,11,14,18H,2,4-5,10H2,1H3. The molecular weight excluding hydrogens is 226 g/mol. The molecule has 2 aromatic rings. The van der Waals surface area contributed by atoms with Gasteiger partial charge >= 0.3 is 0 Å². The topological polar surface area (TPSA) is 43.0 Å². The van der Waals surface area contributed by atoms with Crippen molar-refractivity contribution >= 4 is 0 Å². The van der Waals surface area contributed by atoms with Crippen molar-refractivity contribution in [3.8, 4) is 0 Å². The van der Waals surface area contributed by atoms with Crippen LogP contribution in [0.3, 0.4) is 0 Å². The molecule has 2 unspecified atom stereocenters. The first-order valence-corrected chi connectivity index (χ1v) is 6.61. The van der Waals surface area contributed by atoms with Crippen LogP contribution in [0.1, 0.15) is 43.2 Å². The third-order valence-corrected chi connectivity index (χ3v) is 3.80. The zero-order valence-corrected chi connectivity index (χ0v) is 10.7. The Balaban J connectivity index is 1.84. The van der Waals surface area contributed by atoms with E-state index in [0.717, 1.165) is 31.4 Å². The van der Waals surface area contributed by atoms with Crippen LogP contribution in [0, 0.1) is 0 Å². The summed E-state index contributed by atoms with van der Waals surface area (Å²) in [6, 6.07) is 4.37. The van der Waals surface area contributed by atoms with Crippen molar-refractivity contribution in [2.45, 2.75) is 44.9 Å². The van der Waals surface area contributed by atoms with Gasteiger partial charge in [0.2, 0.25) is 0 Å². The lowest BCUT2D eigenvalue weighted by Gasteiger charge is -2.23. The quantitative estimate of drug-likeness (QED) is 0.901. The van der Waals surface area contributed by atoms with Gasteiger partial charge in [-0.2, -0.15) is 5.10 Å². The first-order valence-electron chi connectivity index (χ1n) is 6.61. The molecule has 2 heterocycles. The van der Waals surface area contributed by atoms with Crippen molar-refractivity contribution in [1.29, 1.82) is 0 Å². The van der Waals surface area contributed by atoms with Crippen LogP contribution in [0.2, 0.25) is 0 Å². The maximum absolute atomic E-state index is 9.98. The van der Waals surface area contributed by atoms with Gasteiger partial charge in [-0.3, -0.25) is 4.68 Å². The van der Waals surface area contributed by atoms with Gasteiger partial charge in [0, 0.05) is 29.8 Å². The molecule has 0 aromatic carbocycles. The van der Waals surface area contributed by atoms with Gasteiger partial charge in [0.1, 0.15) is 0 Å². The SMILES string of the molecule is CC(Cn1cccn1)n1ccc2c1CCCC2O. The second-order valence-corrected chi connectivity index (χ2v) is 5.11. The largest absolute Gasteiger partial charge is 0.388 e. The lowest BCUT2D eigenvalue weighted by Crippen LogP contribution is -2.18. The van der Waals surface area contributed by atoms with E-state index in [4.69, 9.17) is 0 Å². The molecule has 18 heavy (non-hydrogen) atoms. The molecule has 96 valence electrons. The van der Waals surface area contributed by atoms with Crippen molar-refractivity contribution in [3.63, 3.8) is 0 Å². The molecule has 0 saturated carbocycles. The molecule has 1 aliphatic carbocycles. The molecule has 0 saturated heterocycles. The summed E-state index contributed by atoms with van der Waals surface area (Å²) in [6.45, 7) is 3.06. The number of fused-ring (bicyclic) bond motifs is 1. The second-order valence-electron chi connectivity index (χ2n) is 5.11. The summed E-state index contributed by atoms with van der Waals surface area (Å²) in [6.07, 6.45) is 8.67. The summed E-state index contributed by atoms with van der Waals surface area (Å²) in [5.41, 5.74) is 2.42. The zero-order valence-electron chi connectivity index (χ0n) is 10.7. The molecule has 0 amide bonds. The summed E-state index contributed by atoms with van der Waals surface area (Å²) in [5, 5.41) is 14.2. The first kappa shape index (κ1) is 11.5. The van der Waals surface area contributed by atoms with Crippen LogP contribution in [-0.2, 0) is 13.0 Å². The average Bonchev–Trinajstić information content (AvgIpc) is 2.98. The third kappa shape index (κ3) is 1.97. The lowest BCUT2D eigenvalue weighted by molar-refractivity contribution is 0.155. The van der Waals surface area contributed by atoms with Crippen molar-refractivity contribution < 1.29 is 5.11 Å². The Hall–Kier alpha value is -1.55. The number of aliphatic hydroxyl groups excluding tert-OH is 1. The molecule has 4 heteroatoms. The van der Waals surface area contributed by atoms with Gasteiger partial charge in [0.25, 0.3) is 0 Å². The molecule has 1 aliphatic rings. The summed E-state index contributed by atoms with van der Waals surface area (Å²) < 4.78 is 4.25. The van der Waals surface area contributed by atoms with E-state index in [1.807, 2.05) is 23.1 Å². The third-order valence-electron chi connectivity index (χ3n) is 3.80. The van der Waals surface area contributed by atoms with Crippen LogP contribution in [0.5, 0.6) is 0 Å². The van der Waals surface area contributed by atoms with Gasteiger partial charge in [-0.15, -0.1) is 0 Å². The van der Waals surface area contributed by atoms with Gasteiger partial charge in [-0.25, -0.2) is 0 Å². The number of hydrogen-bond acceptors (Lipinski definition) is 2. The number of aromatic nitrogens is 3. The Morgan fingerprint density at radius 1 is 1.50 bits per heavy atom. The Kier molecular flexibility index (Phi) is 2.96. The van der Waals surface area contributed by atoms with E-state index in [2.05, 4.69) is 28.9 Å². The highest BCUT2D eigenvalue weighted by Gasteiger charge is 2.22. The van der Waals surface area contributed by atoms with E-state index in [-0.39, 0.29) is 6.10 Å². The number of rotatable bonds is 3. The number of hydrogen-bond donors (Lipinski definition) is 1. The van der Waals surface area contributed by atoms with Gasteiger partial charge < -0.3 is 9.67 Å². The fraction of sp³-hybridized carbons (Fsp3) is 0.500. The fourth-order valence-corrected chi connectivity index (χ4v) is 2.87. The van der Waals surface area contributed by atoms with E-state index < -0.39 is 0 Å². The number of aliphatic hydroxyl groups is 1. The molecule has 3 rings (SSSR count). The smallest absolute Gasteiger partial charge is 0.0807 e. The molecule has 2 atom stereocenters. The Morgan fingerprint density at radius 3 is 3.17 bits per heavy atom. The van der Waals surface area contributed by atoms with E-state index in [1.54, 1.807) is 0 Å². The first-order chi connectivity index (χ1) is 8.75. The molecule has 0 bridgehead atoms. The summed E-state index contributed by atoms with van der Waals surface area (Å²) in [5.74, 6) is 0. The van der Waals surface area contributed by atoms with Crippen molar-refractivity contribution in [1.82, 2.24) is 14.3 Å². The average molecular weight is 245 g/mol. The van der Waals surface area contributed by atoms with Crippen LogP contribution >= 0.6 is 0 Å². The summed E-state index contributed by atoms with van der Waals surface area (Å²) in [7, 11) is 0. The monoisotopic (exact) mass is 245 g/mol. The van der Waals surface area contributed by atoms with Gasteiger partial charge in [0.05, 0.1) is 18.7 Å². The molecule has 0 spiro atoms. The molecule has 1 N–H and O–H groups in total. The molecular formula is C14H19N3O. The van der Waals surface area contributed by atoms with Crippen LogP contribution in [0.4, 0.5) is 0 Å². The van der Waals surface area contributed by atoms with E-state index in [0.29, 0.717) is 6.04 Å². The predicted octanol–water partition coefficient (Wildman–Crippen LogP) is 2.32. The van der Waals surface area contributed by atoms with Gasteiger partial charge in [-0.05, 0) is 38.3 Å². The second kappa shape index (κ2) is 4.61. The van der Waals surface area contributed by atoms with E-state index in [1.165, 1.54) is 5.69 Å². The summed E-state index contributed by atoms with van der Waals surface area (Å²) >= 11 is 0. The molecule has 2 aromatic heterocycles. The van der Waals surface area contributed by atoms with Crippen molar-refractivity contribution in [3.05, 3.63) is 42.0 Å². The highest BCUT2D eigenvalue weighted by Crippen LogP contribution is 2.32. The van der Waals surface area contributed by atoms with Crippen LogP contribution in [0.25, 0.3) is 0 Å². The lowest BCUT2D eigenvalue weighted by atomic mass is 9.95. The Morgan fingerprint density at radius 2 is 2.39 bits per heavy atom. The van der Waals surface area contributed by atoms with E-state index >= 15 is 0 Å². The summed E-state index contributed by atoms with van der Waals surface area (Å²) in [4.78, 5) is 0. The van der Waals surface area contributed by atoms with Crippen LogP contribution < -0.4 is 0 Å². The number of nitrogens with zero attached hydrogens (tertiary/aromatic N) is 3. The van der Waals surface area contributed by atoms with Crippen molar-refractivity contribution in [2.75, 3.05) is 0 Å². The van der Waals surface area contributed by atoms with Crippen LogP contribution in [0.15, 0.2) is 30.7 Å². The maximum Gasteiger partial charge on any atom is 0.0807 e. The molecule has 0 aliphatic heterocycles. The van der Waals surface area contributed by atoms with Crippen molar-refractivity contribution in [2.24, 2.45) is 0 Å². The Labute approximate surface area is 107 Å². The van der Waals surface area contributed by atoms with Gasteiger partial charge in [0.15, 0.2) is 0 Å². The fourth-order valence-electron chi connectivity index (χ4n) is 2.87. The molecule has 4 nitrogen and oxygen atoms in total. The highest BCUT2D eigenvalue weighted by molar-refractivity contribution is 5.27. The van der Waals surface area contributed by atoms with Crippen LogP contribution in [-0.4, -0.2) is 19.5 Å². The minimum absolute atomic E-state index is 0.271. The zero-order chi connectivity index (χ0) is 12.5. The molecule has 0 radical (unpaired) electrons. The predicted molar refractivity (Wildman–Crippen MR) is 69.3 cm³/mol. The Bertz CT molecular complexity index is 515. The maximum atomic E-state index is 9.98. The molecule has 0 fully saturated rings. The van der Waals surface area contributed by atoms with Gasteiger partial charge in [-0.1, -0.05) is 0 Å². The van der Waals surface area contributed by atoms with E-state index in [9.17, 15) is 5.11 Å². The normalized spacial score (nSPS) is 20.7. The minimum Gasteiger partial charge on any atom is -0.388 e.